The number of nitrogens with zero attached hydrogens (tertiary/aromatic N) is 1. The van der Waals surface area contributed by atoms with Crippen LogP contribution in [0.25, 0.3) is 0 Å². The van der Waals surface area contributed by atoms with Gasteiger partial charge in [0.25, 0.3) is 0 Å². The Morgan fingerprint density at radius 2 is 2.27 bits per heavy atom. The van der Waals surface area contributed by atoms with Crippen molar-refractivity contribution in [3.8, 4) is 0 Å². The lowest BCUT2D eigenvalue weighted by Gasteiger charge is -2.41. The van der Waals surface area contributed by atoms with E-state index in [9.17, 15) is 0 Å². The second-order valence-corrected chi connectivity index (χ2v) is 5.05. The first-order valence-electron chi connectivity index (χ1n) is 6.36. The molecule has 2 rings (SSSR count). The number of hydrogen-bond donors (Lipinski definition) is 1. The molecule has 0 bridgehead atoms. The fraction of sp³-hybridized carbons (Fsp3) is 1.00. The van der Waals surface area contributed by atoms with Crippen molar-refractivity contribution in [2.75, 3.05) is 32.8 Å². The fourth-order valence-electron chi connectivity index (χ4n) is 2.73. The normalized spacial score (nSPS) is 39.2. The highest BCUT2D eigenvalue weighted by molar-refractivity contribution is 4.84. The summed E-state index contributed by atoms with van der Waals surface area (Å²) in [4.78, 5) is 2.63. The molecule has 0 spiro atoms. The Labute approximate surface area is 93.2 Å². The van der Waals surface area contributed by atoms with Crippen LogP contribution in [-0.4, -0.2) is 49.8 Å². The Balaban J connectivity index is 1.86. The summed E-state index contributed by atoms with van der Waals surface area (Å²) in [6.07, 6.45) is 2.96. The SMILES string of the molecule is CCC1CN(C2CNCC(C)C2)CCO1. The molecule has 3 nitrogen and oxygen atoms in total. The monoisotopic (exact) mass is 212 g/mol. The van der Waals surface area contributed by atoms with Crippen molar-refractivity contribution in [3.05, 3.63) is 0 Å². The van der Waals surface area contributed by atoms with E-state index in [0.29, 0.717) is 6.10 Å². The van der Waals surface area contributed by atoms with Crippen LogP contribution in [0.5, 0.6) is 0 Å². The maximum atomic E-state index is 5.71. The topological polar surface area (TPSA) is 24.5 Å². The van der Waals surface area contributed by atoms with Gasteiger partial charge in [-0.3, -0.25) is 4.90 Å². The third-order valence-corrected chi connectivity index (χ3v) is 3.69. The average Bonchev–Trinajstić information content (AvgIpc) is 2.29. The number of morpholine rings is 1. The van der Waals surface area contributed by atoms with Crippen molar-refractivity contribution in [1.82, 2.24) is 10.2 Å². The Hall–Kier alpha value is -0.120. The maximum Gasteiger partial charge on any atom is 0.0700 e. The van der Waals surface area contributed by atoms with Gasteiger partial charge in [0, 0.05) is 25.7 Å². The van der Waals surface area contributed by atoms with Gasteiger partial charge in [0.15, 0.2) is 0 Å². The lowest BCUT2D eigenvalue weighted by molar-refractivity contribution is -0.0494. The van der Waals surface area contributed by atoms with Gasteiger partial charge < -0.3 is 10.1 Å². The second kappa shape index (κ2) is 5.28. The van der Waals surface area contributed by atoms with E-state index in [4.69, 9.17) is 4.74 Å². The van der Waals surface area contributed by atoms with E-state index in [0.717, 1.165) is 38.1 Å². The minimum Gasteiger partial charge on any atom is -0.376 e. The summed E-state index contributed by atoms with van der Waals surface area (Å²) in [7, 11) is 0. The molecule has 88 valence electrons. The van der Waals surface area contributed by atoms with E-state index < -0.39 is 0 Å². The zero-order chi connectivity index (χ0) is 10.7. The molecule has 0 aromatic heterocycles. The predicted molar refractivity (Wildman–Crippen MR) is 62.0 cm³/mol. The minimum atomic E-state index is 0.469. The zero-order valence-electron chi connectivity index (χ0n) is 10.0. The van der Waals surface area contributed by atoms with Crippen molar-refractivity contribution in [2.24, 2.45) is 5.92 Å². The van der Waals surface area contributed by atoms with E-state index >= 15 is 0 Å². The van der Waals surface area contributed by atoms with E-state index in [1.807, 2.05) is 0 Å². The Morgan fingerprint density at radius 1 is 1.40 bits per heavy atom. The van der Waals surface area contributed by atoms with Crippen molar-refractivity contribution < 1.29 is 4.74 Å². The second-order valence-electron chi connectivity index (χ2n) is 5.05. The van der Waals surface area contributed by atoms with E-state index in [1.54, 1.807) is 0 Å². The molecule has 3 atom stereocenters. The Bertz CT molecular complexity index is 198. The molecule has 15 heavy (non-hydrogen) atoms. The van der Waals surface area contributed by atoms with Crippen molar-refractivity contribution in [2.45, 2.75) is 38.8 Å². The molecular formula is C12H24N2O. The molecular weight excluding hydrogens is 188 g/mol. The fourth-order valence-corrected chi connectivity index (χ4v) is 2.73. The van der Waals surface area contributed by atoms with Crippen LogP contribution in [0.1, 0.15) is 26.7 Å². The third kappa shape index (κ3) is 2.92. The number of ether oxygens (including phenoxy) is 1. The van der Waals surface area contributed by atoms with Gasteiger partial charge in [-0.25, -0.2) is 0 Å². The molecule has 2 fully saturated rings. The van der Waals surface area contributed by atoms with Crippen LogP contribution in [0.3, 0.4) is 0 Å². The van der Waals surface area contributed by atoms with Gasteiger partial charge in [-0.15, -0.1) is 0 Å². The van der Waals surface area contributed by atoms with Crippen molar-refractivity contribution >= 4 is 0 Å². The smallest absolute Gasteiger partial charge is 0.0700 e. The highest BCUT2D eigenvalue weighted by atomic mass is 16.5. The van der Waals surface area contributed by atoms with Crippen molar-refractivity contribution in [3.63, 3.8) is 0 Å². The molecule has 1 N–H and O–H groups in total. The quantitative estimate of drug-likeness (QED) is 0.742. The van der Waals surface area contributed by atoms with Gasteiger partial charge >= 0.3 is 0 Å². The Kier molecular flexibility index (Phi) is 4.00. The summed E-state index contributed by atoms with van der Waals surface area (Å²) in [5.74, 6) is 0.826. The molecule has 0 aliphatic carbocycles. The first-order valence-corrected chi connectivity index (χ1v) is 6.36. The highest BCUT2D eigenvalue weighted by Crippen LogP contribution is 2.18. The van der Waals surface area contributed by atoms with Crippen LogP contribution in [-0.2, 0) is 4.74 Å². The lowest BCUT2D eigenvalue weighted by atomic mass is 9.96. The zero-order valence-corrected chi connectivity index (χ0v) is 10.0. The number of rotatable bonds is 2. The molecule has 3 unspecified atom stereocenters. The summed E-state index contributed by atoms with van der Waals surface area (Å²) in [6, 6.07) is 0.742. The van der Waals surface area contributed by atoms with Crippen LogP contribution in [0.4, 0.5) is 0 Å². The van der Waals surface area contributed by atoms with Crippen LogP contribution in [0.15, 0.2) is 0 Å². The lowest BCUT2D eigenvalue weighted by Crippen LogP contribution is -2.54. The number of nitrogens with one attached hydrogen (secondary N) is 1. The molecule has 0 aromatic rings. The van der Waals surface area contributed by atoms with Gasteiger partial charge in [0.05, 0.1) is 12.7 Å². The minimum absolute atomic E-state index is 0.469. The first-order chi connectivity index (χ1) is 7.29. The molecule has 2 aliphatic heterocycles. The summed E-state index contributed by atoms with van der Waals surface area (Å²) < 4.78 is 5.71. The van der Waals surface area contributed by atoms with Crippen LogP contribution < -0.4 is 5.32 Å². The van der Waals surface area contributed by atoms with Crippen LogP contribution >= 0.6 is 0 Å². The van der Waals surface area contributed by atoms with E-state index in [1.165, 1.54) is 19.5 Å². The predicted octanol–water partition coefficient (Wildman–Crippen LogP) is 1.10. The van der Waals surface area contributed by atoms with Gasteiger partial charge in [0.2, 0.25) is 0 Å². The molecule has 2 aliphatic rings. The van der Waals surface area contributed by atoms with Gasteiger partial charge in [-0.2, -0.15) is 0 Å². The molecule has 3 heteroatoms. The van der Waals surface area contributed by atoms with Crippen LogP contribution in [0.2, 0.25) is 0 Å². The maximum absolute atomic E-state index is 5.71. The van der Waals surface area contributed by atoms with Gasteiger partial charge in [-0.1, -0.05) is 13.8 Å². The molecule has 0 aromatic carbocycles. The summed E-state index contributed by atoms with van der Waals surface area (Å²) in [6.45, 7) is 10.1. The van der Waals surface area contributed by atoms with Gasteiger partial charge in [0.1, 0.15) is 0 Å². The Morgan fingerprint density at radius 3 is 3.00 bits per heavy atom. The standard InChI is InChI=1S/C12H24N2O/c1-3-12-9-14(4-5-15-12)11-6-10(2)7-13-8-11/h10-13H,3-9H2,1-2H3. The summed E-state index contributed by atoms with van der Waals surface area (Å²) in [5, 5.41) is 3.53. The largest absolute Gasteiger partial charge is 0.376 e. The summed E-state index contributed by atoms with van der Waals surface area (Å²) in [5.41, 5.74) is 0. The van der Waals surface area contributed by atoms with Crippen LogP contribution in [0, 0.1) is 5.92 Å². The highest BCUT2D eigenvalue weighted by Gasteiger charge is 2.28. The molecule has 2 heterocycles. The summed E-state index contributed by atoms with van der Waals surface area (Å²) >= 11 is 0. The molecule has 0 amide bonds. The molecule has 0 radical (unpaired) electrons. The molecule has 0 saturated carbocycles. The molecule has 2 saturated heterocycles. The van der Waals surface area contributed by atoms with E-state index in [-0.39, 0.29) is 0 Å². The first kappa shape index (κ1) is 11.4. The van der Waals surface area contributed by atoms with Gasteiger partial charge in [-0.05, 0) is 25.3 Å². The third-order valence-electron chi connectivity index (χ3n) is 3.69. The number of piperidine rings is 1. The van der Waals surface area contributed by atoms with Crippen molar-refractivity contribution in [1.29, 1.82) is 0 Å². The van der Waals surface area contributed by atoms with E-state index in [2.05, 4.69) is 24.1 Å². The average molecular weight is 212 g/mol. The number of hydrogen-bond acceptors (Lipinski definition) is 3.